The van der Waals surface area contributed by atoms with E-state index in [9.17, 15) is 0 Å². The molecule has 6 heavy (non-hydrogen) atoms. The molecule has 0 aromatic carbocycles. The molecule has 0 heterocycles. The molecule has 0 saturated heterocycles. The van der Waals surface area contributed by atoms with Crippen molar-refractivity contribution in [1.82, 2.24) is 0 Å². The first kappa shape index (κ1) is 15.7. The van der Waals surface area contributed by atoms with Gasteiger partial charge in [-0.3, -0.25) is 0 Å². The van der Waals surface area contributed by atoms with Crippen molar-refractivity contribution >= 4 is 9.17 Å². The fourth-order valence-corrected chi connectivity index (χ4v) is 0. The summed E-state index contributed by atoms with van der Waals surface area (Å²) in [4.78, 5) is 17.0. The molecule has 0 aromatic rings. The van der Waals surface area contributed by atoms with Crippen molar-refractivity contribution in [3.63, 3.8) is 0 Å². The zero-order valence-electron chi connectivity index (χ0n) is 2.93. The van der Waals surface area contributed by atoms with E-state index in [4.69, 9.17) is 14.1 Å². The molecule has 0 amide bonds. The fraction of sp³-hybridized carbons (Fsp3) is 0. The van der Waals surface area contributed by atoms with Gasteiger partial charge in [0, 0.05) is 35.4 Å². The zero-order valence-corrected chi connectivity index (χ0v) is 10.4. The third-order valence-electron chi connectivity index (χ3n) is 0. The average Bonchev–Trinajstić information content (AvgIpc) is 0.811. The number of hydrogen-bond acceptors (Lipinski definition) is 3. The number of hydrogen-bond donors (Lipinski definition) is 0. The second kappa shape index (κ2) is 9.66. The topological polar surface area (TPSA) is 63.2 Å². The van der Waals surface area contributed by atoms with E-state index in [1.54, 1.807) is 0 Å². The minimum Gasteiger partial charge on any atom is -0.672 e. The summed E-state index contributed by atoms with van der Waals surface area (Å²) in [7, 11) is -3.63. The summed E-state index contributed by atoms with van der Waals surface area (Å²) in [6.07, 6.45) is 0. The quantitative estimate of drug-likeness (QED) is 0.448. The first-order valence-electron chi connectivity index (χ1n) is 0.612. The van der Waals surface area contributed by atoms with Gasteiger partial charge in [-0.2, -0.15) is 0 Å². The normalized spacial score (nSPS) is 4.00. The van der Waals surface area contributed by atoms with Gasteiger partial charge in [0.25, 0.3) is 0 Å². The molecular weight excluding hydrogens is 280 g/mol. The molecule has 0 radical (unpaired) electrons. The second-order valence-electron chi connectivity index (χ2n) is 0.250. The predicted octanol–water partition coefficient (Wildman–Crippen LogP) is -2.88. The summed E-state index contributed by atoms with van der Waals surface area (Å²) >= 11 is 0. The molecule has 0 aliphatic rings. The maximum atomic E-state index is 8.52. The van der Waals surface area contributed by atoms with Crippen LogP contribution in [0.5, 0.6) is 0 Å². The van der Waals surface area contributed by atoms with E-state index in [1.165, 1.54) is 0 Å². The van der Waals surface area contributed by atoms with E-state index in [0.717, 1.165) is 0 Å². The third kappa shape index (κ3) is 52.4. The molecule has 0 bridgehead atoms. The van der Waals surface area contributed by atoms with Crippen LogP contribution in [-0.2, 0) is 58.0 Å². The van der Waals surface area contributed by atoms with Gasteiger partial charge < -0.3 is 14.1 Å². The van der Waals surface area contributed by atoms with E-state index in [2.05, 4.69) is 0 Å². The maximum absolute atomic E-state index is 8.52. The van der Waals surface area contributed by atoms with Crippen LogP contribution in [0.2, 0.25) is 0 Å². The molecule has 0 fully saturated rings. The second-order valence-corrected chi connectivity index (χ2v) is 0.750. The monoisotopic (exact) mass is 280 g/mol. The molecule has 0 rings (SSSR count). The molecule has 0 N–H and O–H groups in total. The van der Waals surface area contributed by atoms with Crippen molar-refractivity contribution in [2.75, 3.05) is 0 Å². The summed E-state index contributed by atoms with van der Waals surface area (Å²) in [5.74, 6) is 0. The largest absolute Gasteiger partial charge is 2.00 e. The van der Waals surface area contributed by atoms with Crippen molar-refractivity contribution < 1.29 is 67.6 Å². The Labute approximate surface area is 75.9 Å². The summed E-state index contributed by atoms with van der Waals surface area (Å²) in [5, 5.41) is 0. The molecule has 0 unspecified atom stereocenters. The van der Waals surface area contributed by atoms with Gasteiger partial charge in [-0.15, -0.1) is 0 Å². The van der Waals surface area contributed by atoms with E-state index in [1.807, 2.05) is 0 Å². The van der Waals surface area contributed by atoms with Gasteiger partial charge in [-0.05, 0) is 0 Å². The Kier molecular flexibility index (Phi) is 25.2. The Morgan fingerprint density at radius 2 is 1.33 bits per heavy atom. The Morgan fingerprint density at radius 3 is 1.33 bits per heavy atom. The molecule has 0 spiro atoms. The average molecular weight is 280 g/mol. The van der Waals surface area contributed by atoms with E-state index in [0.29, 0.717) is 0 Å². The molecule has 28 valence electrons. The van der Waals surface area contributed by atoms with Crippen LogP contribution in [0.1, 0.15) is 0 Å². The van der Waals surface area contributed by atoms with Gasteiger partial charge in [-0.25, -0.2) is 0 Å². The van der Waals surface area contributed by atoms with Crippen LogP contribution in [0.15, 0.2) is 0 Å². The minimum absolute atomic E-state index is 0. The Balaban J connectivity index is -0.0000000450. The fourth-order valence-electron chi connectivity index (χ4n) is 0. The van der Waals surface area contributed by atoms with Crippen LogP contribution in [0.4, 0.5) is 0 Å². The van der Waals surface area contributed by atoms with E-state index >= 15 is 0 Å². The SMILES string of the molecule is O=[Si]([O-])[O-].[Cd+2].[Zr]. The maximum Gasteiger partial charge on any atom is 2.00 e. The molecule has 6 heteroatoms. The molecular formula is CdO3SiZr. The zero-order chi connectivity index (χ0) is 3.58. The molecule has 0 aromatic heterocycles. The van der Waals surface area contributed by atoms with Gasteiger partial charge in [0.05, 0.1) is 0 Å². The smallest absolute Gasteiger partial charge is 0.672 e. The first-order valence-corrected chi connectivity index (χ1v) is 1.84. The van der Waals surface area contributed by atoms with E-state index < -0.39 is 9.17 Å². The molecule has 0 aliphatic carbocycles. The van der Waals surface area contributed by atoms with Crippen LogP contribution in [0.3, 0.4) is 0 Å². The van der Waals surface area contributed by atoms with Crippen molar-refractivity contribution in [3.8, 4) is 0 Å². The summed E-state index contributed by atoms with van der Waals surface area (Å²) in [6.45, 7) is 0. The first-order chi connectivity index (χ1) is 1.73. The summed E-state index contributed by atoms with van der Waals surface area (Å²) < 4.78 is 8.52. The van der Waals surface area contributed by atoms with Gasteiger partial charge in [-0.1, -0.05) is 0 Å². The van der Waals surface area contributed by atoms with Crippen molar-refractivity contribution in [2.45, 2.75) is 0 Å². The van der Waals surface area contributed by atoms with E-state index in [-0.39, 0.29) is 53.5 Å². The summed E-state index contributed by atoms with van der Waals surface area (Å²) in [5.41, 5.74) is 0. The van der Waals surface area contributed by atoms with Crippen molar-refractivity contribution in [1.29, 1.82) is 0 Å². The standard InChI is InChI=1S/Cd.O3Si.Zr/c;1-4(2)3;/q+2;-2;. The van der Waals surface area contributed by atoms with Gasteiger partial charge in [0.1, 0.15) is 0 Å². The predicted molar refractivity (Wildman–Crippen MR) is 6.44 cm³/mol. The molecule has 0 atom stereocenters. The van der Waals surface area contributed by atoms with Crippen LogP contribution in [0.25, 0.3) is 0 Å². The Morgan fingerprint density at radius 1 is 1.33 bits per heavy atom. The Bertz CT molecular complexity index is 33.8. The van der Waals surface area contributed by atoms with Gasteiger partial charge in [0.15, 0.2) is 0 Å². The van der Waals surface area contributed by atoms with Crippen molar-refractivity contribution in [2.24, 2.45) is 0 Å². The summed E-state index contributed by atoms with van der Waals surface area (Å²) in [6, 6.07) is 0. The van der Waals surface area contributed by atoms with Crippen LogP contribution < -0.4 is 9.59 Å². The molecule has 0 aliphatic heterocycles. The number of rotatable bonds is 0. The van der Waals surface area contributed by atoms with Crippen LogP contribution in [0, 0.1) is 0 Å². The minimum atomic E-state index is -3.63. The molecule has 0 saturated carbocycles. The van der Waals surface area contributed by atoms with Gasteiger partial charge in [0.2, 0.25) is 0 Å². The van der Waals surface area contributed by atoms with Crippen LogP contribution >= 0.6 is 0 Å². The van der Waals surface area contributed by atoms with Crippen LogP contribution in [-0.4, -0.2) is 9.17 Å². The van der Waals surface area contributed by atoms with Crippen molar-refractivity contribution in [3.05, 3.63) is 0 Å². The Hall–Kier alpha value is 1.42. The third-order valence-corrected chi connectivity index (χ3v) is 0. The molecule has 3 nitrogen and oxygen atoms in total. The van der Waals surface area contributed by atoms with Gasteiger partial charge >= 0.3 is 27.3 Å².